The standard InChI is InChI=1S/C58H76ClN11O8S2/c1-37(2)80(76,77)49-14-12-11-13-46(49)63-54-44(59)34-61-57(66-54)64-45-22-21-42(31-48(45)78-7)67-25-23-41(24-26-67)68-27-29-69(30-28-68)51(73)16-10-8-9-15-50(72)65-53(58(4,5)6)56(75)70-35-43(71)32-47(70)55(74)60-33-39-17-19-40(20-18-39)52-38(3)62-36-79-52/h11-14,17-22,31,34,36-37,41,43,47,53,71H,8-10,15-16,23-30,32-33,35H2,1-7H3,(H,60,74)(H,65,72)(H2,61,63,64,66)/t43-,47+,53-/m1/s1. The molecule has 4 amide bonds. The van der Waals surface area contributed by atoms with E-state index in [0.717, 1.165) is 66.4 Å². The smallest absolute Gasteiger partial charge is 0.246 e. The molecule has 0 unspecified atom stereocenters. The Labute approximate surface area is 479 Å². The second-order valence-electron chi connectivity index (χ2n) is 22.3. The summed E-state index contributed by atoms with van der Waals surface area (Å²) in [6.07, 6.45) is 5.17. The molecular weight excluding hydrogens is 1080 g/mol. The Hall–Kier alpha value is -6.39. The van der Waals surface area contributed by atoms with Gasteiger partial charge in [-0.3, -0.25) is 24.1 Å². The van der Waals surface area contributed by atoms with Crippen LogP contribution in [0.4, 0.5) is 28.8 Å². The largest absolute Gasteiger partial charge is 0.494 e. The van der Waals surface area contributed by atoms with Crippen molar-refractivity contribution >= 4 is 85.2 Å². The summed E-state index contributed by atoms with van der Waals surface area (Å²) in [5, 5.41) is 22.5. The fraction of sp³-hybridized carbons (Fsp3) is 0.500. The van der Waals surface area contributed by atoms with Crippen LogP contribution in [-0.2, 0) is 35.6 Å². The highest BCUT2D eigenvalue weighted by molar-refractivity contribution is 7.92. The van der Waals surface area contributed by atoms with E-state index in [0.29, 0.717) is 61.9 Å². The number of rotatable bonds is 21. The number of anilines is 5. The van der Waals surface area contributed by atoms with Gasteiger partial charge in [0.1, 0.15) is 22.9 Å². The van der Waals surface area contributed by atoms with Crippen molar-refractivity contribution < 1.29 is 37.4 Å². The summed E-state index contributed by atoms with van der Waals surface area (Å²) in [4.78, 5) is 77.0. The van der Waals surface area contributed by atoms with Crippen LogP contribution in [0.3, 0.4) is 0 Å². The normalized spacial score (nSPS) is 17.8. The maximum absolute atomic E-state index is 14.1. The van der Waals surface area contributed by atoms with Crippen LogP contribution in [0.5, 0.6) is 5.75 Å². The van der Waals surface area contributed by atoms with Crippen molar-refractivity contribution in [1.82, 2.24) is 40.3 Å². The van der Waals surface area contributed by atoms with Gasteiger partial charge >= 0.3 is 0 Å². The lowest BCUT2D eigenvalue weighted by Crippen LogP contribution is -2.57. The number of aliphatic hydroxyl groups is 1. The summed E-state index contributed by atoms with van der Waals surface area (Å²) >= 11 is 8.06. The predicted octanol–water partition coefficient (Wildman–Crippen LogP) is 8.11. The SMILES string of the molecule is COc1cc(N2CCC(N3CCN(C(=O)CCCCCC(=O)N[C@H](C(=O)N4C[C@H](O)C[C@H]4C(=O)NCc4ccc(-c5scnc5C)cc4)C(C)(C)C)CC3)CC2)ccc1Nc1ncc(Cl)c(Nc2ccccc2S(=O)(=O)C(C)C)n1. The van der Waals surface area contributed by atoms with E-state index in [9.17, 15) is 32.7 Å². The van der Waals surface area contributed by atoms with E-state index in [1.165, 1.54) is 11.1 Å². The molecule has 3 aliphatic rings. The van der Waals surface area contributed by atoms with E-state index >= 15 is 0 Å². The number of piperidine rings is 1. The molecule has 0 aliphatic carbocycles. The van der Waals surface area contributed by atoms with Crippen molar-refractivity contribution in [3.63, 3.8) is 0 Å². The number of halogens is 1. The Morgan fingerprint density at radius 2 is 1.60 bits per heavy atom. The first-order chi connectivity index (χ1) is 38.2. The van der Waals surface area contributed by atoms with Crippen molar-refractivity contribution in [2.24, 2.45) is 5.41 Å². The molecule has 22 heteroatoms. The van der Waals surface area contributed by atoms with Gasteiger partial charge in [0.05, 0.1) is 57.0 Å². The molecule has 2 aromatic heterocycles. The molecule has 80 heavy (non-hydrogen) atoms. The lowest BCUT2D eigenvalue weighted by Gasteiger charge is -2.43. The number of nitrogens with zero attached hydrogens (tertiary/aromatic N) is 7. The second kappa shape index (κ2) is 26.5. The minimum atomic E-state index is -3.58. The highest BCUT2D eigenvalue weighted by Gasteiger charge is 2.44. The molecule has 8 rings (SSSR count). The number of ether oxygens (including phenoxy) is 1. The van der Waals surface area contributed by atoms with Crippen molar-refractivity contribution in [3.05, 3.63) is 94.7 Å². The van der Waals surface area contributed by atoms with Gasteiger partial charge in [0, 0.05) is 89.4 Å². The molecule has 3 saturated heterocycles. The quantitative estimate of drug-likeness (QED) is 0.0437. The molecule has 0 radical (unpaired) electrons. The number of methoxy groups -OCH3 is 1. The van der Waals surface area contributed by atoms with E-state index in [4.69, 9.17) is 16.3 Å². The Kier molecular flexibility index (Phi) is 19.8. The number of carbonyl (C=O) groups excluding carboxylic acids is 4. The monoisotopic (exact) mass is 1150 g/mol. The number of aromatic nitrogens is 3. The summed E-state index contributed by atoms with van der Waals surface area (Å²) < 4.78 is 32.0. The summed E-state index contributed by atoms with van der Waals surface area (Å²) in [5.74, 6) is 0.191. The van der Waals surface area contributed by atoms with Gasteiger partial charge in [0.25, 0.3) is 0 Å². The average molecular weight is 1150 g/mol. The van der Waals surface area contributed by atoms with Crippen molar-refractivity contribution in [3.8, 4) is 16.2 Å². The lowest BCUT2D eigenvalue weighted by atomic mass is 9.85. The number of hydrogen-bond donors (Lipinski definition) is 5. The number of hydrogen-bond acceptors (Lipinski definition) is 16. The van der Waals surface area contributed by atoms with Crippen LogP contribution in [0.15, 0.2) is 83.3 Å². The van der Waals surface area contributed by atoms with Crippen molar-refractivity contribution in [1.29, 1.82) is 0 Å². The van der Waals surface area contributed by atoms with E-state index in [1.807, 2.05) is 80.6 Å². The number of amides is 4. The number of para-hydroxylation sites is 1. The summed E-state index contributed by atoms with van der Waals surface area (Å²) in [5.41, 5.74) is 6.10. The number of benzene rings is 3. The van der Waals surface area contributed by atoms with Crippen LogP contribution in [0, 0.1) is 12.3 Å². The molecule has 5 aromatic rings. The molecule has 5 N–H and O–H groups in total. The van der Waals surface area contributed by atoms with Crippen LogP contribution in [-0.4, -0.2) is 149 Å². The van der Waals surface area contributed by atoms with Gasteiger partial charge in [-0.25, -0.2) is 18.4 Å². The van der Waals surface area contributed by atoms with Gasteiger partial charge in [-0.15, -0.1) is 11.3 Å². The molecule has 3 atom stereocenters. The summed E-state index contributed by atoms with van der Waals surface area (Å²) in [6, 6.07) is 19.1. The fourth-order valence-electron chi connectivity index (χ4n) is 10.6. The van der Waals surface area contributed by atoms with E-state index < -0.39 is 44.6 Å². The summed E-state index contributed by atoms with van der Waals surface area (Å²) in [7, 11) is -1.98. The van der Waals surface area contributed by atoms with Crippen molar-refractivity contribution in [2.75, 3.05) is 68.5 Å². The van der Waals surface area contributed by atoms with Crippen molar-refractivity contribution in [2.45, 2.75) is 134 Å². The molecule has 0 bridgehead atoms. The number of aliphatic hydroxyl groups excluding tert-OH is 1. The van der Waals surface area contributed by atoms with Crippen LogP contribution in [0.25, 0.3) is 10.4 Å². The molecule has 5 heterocycles. The Morgan fingerprint density at radius 3 is 2.27 bits per heavy atom. The highest BCUT2D eigenvalue weighted by atomic mass is 35.5. The molecule has 19 nitrogen and oxygen atoms in total. The van der Waals surface area contributed by atoms with Gasteiger partial charge in [0.2, 0.25) is 29.6 Å². The first kappa shape index (κ1) is 59.7. The number of thiazole rings is 1. The fourth-order valence-corrected chi connectivity index (χ4v) is 12.7. The number of β-amino-alcohol motifs (C(OH)–C–C–N with tert-alkyl or cyclic N) is 1. The number of piperazine rings is 1. The molecule has 0 spiro atoms. The third-order valence-corrected chi connectivity index (χ3v) is 18.7. The zero-order valence-electron chi connectivity index (χ0n) is 46.8. The lowest BCUT2D eigenvalue weighted by molar-refractivity contribution is -0.144. The van der Waals surface area contributed by atoms with Crippen LogP contribution in [0.1, 0.15) is 97.2 Å². The molecule has 3 fully saturated rings. The number of unbranched alkanes of at least 4 members (excludes halogenated alkanes) is 2. The third kappa shape index (κ3) is 14.7. The number of sulfone groups is 1. The minimum Gasteiger partial charge on any atom is -0.494 e. The van der Waals surface area contributed by atoms with Gasteiger partial charge in [-0.05, 0) is 87.3 Å². The van der Waals surface area contributed by atoms with Gasteiger partial charge in [0.15, 0.2) is 15.7 Å². The zero-order valence-corrected chi connectivity index (χ0v) is 49.2. The first-order valence-corrected chi connectivity index (χ1v) is 30.4. The molecule has 430 valence electrons. The zero-order chi connectivity index (χ0) is 57.3. The Morgan fingerprint density at radius 1 is 0.887 bits per heavy atom. The molecular formula is C58H76ClN11O8S2. The molecule has 0 saturated carbocycles. The van der Waals surface area contributed by atoms with Crippen LogP contribution < -0.4 is 30.9 Å². The summed E-state index contributed by atoms with van der Waals surface area (Å²) in [6.45, 7) is 15.8. The molecule has 3 aromatic carbocycles. The van der Waals surface area contributed by atoms with E-state index in [1.54, 1.807) is 56.6 Å². The molecule has 3 aliphatic heterocycles. The second-order valence-corrected chi connectivity index (χ2v) is 26.0. The Balaban J connectivity index is 0.735. The highest BCUT2D eigenvalue weighted by Crippen LogP contribution is 2.36. The van der Waals surface area contributed by atoms with Crippen LogP contribution in [0.2, 0.25) is 5.02 Å². The number of aryl methyl sites for hydroxylation is 1. The predicted molar refractivity (Wildman–Crippen MR) is 313 cm³/mol. The topological polar surface area (TPSA) is 232 Å². The number of likely N-dealkylation sites (tertiary alicyclic amines) is 1. The minimum absolute atomic E-state index is 0.000483. The maximum Gasteiger partial charge on any atom is 0.246 e. The van der Waals surface area contributed by atoms with Gasteiger partial charge in [-0.1, -0.05) is 75.2 Å². The number of nitrogens with one attached hydrogen (secondary N) is 4. The Bertz CT molecular complexity index is 3080. The van der Waals surface area contributed by atoms with E-state index in [-0.39, 0.29) is 65.3 Å². The van der Waals surface area contributed by atoms with Gasteiger partial charge in [-0.2, -0.15) is 4.98 Å². The van der Waals surface area contributed by atoms with E-state index in [2.05, 4.69) is 46.0 Å². The van der Waals surface area contributed by atoms with Crippen LogP contribution >= 0.6 is 22.9 Å². The number of carbonyl (C=O) groups is 4. The average Bonchev–Trinajstić information content (AvgIpc) is 4.07. The maximum atomic E-state index is 14.1. The first-order valence-electron chi connectivity index (χ1n) is 27.6. The third-order valence-electron chi connectivity index (χ3n) is 15.3. The van der Waals surface area contributed by atoms with Gasteiger partial charge < -0.3 is 45.8 Å².